The molecule has 6 nitrogen and oxygen atoms in total. The number of rotatable bonds is 4. The Balaban J connectivity index is 2.21. The van der Waals surface area contributed by atoms with Gasteiger partial charge in [0.1, 0.15) is 4.90 Å². The lowest BCUT2D eigenvalue weighted by molar-refractivity contribution is 0.601. The zero-order valence-electron chi connectivity index (χ0n) is 8.92. The maximum absolute atomic E-state index is 11.8. The predicted molar refractivity (Wildman–Crippen MR) is 63.7 cm³/mol. The van der Waals surface area contributed by atoms with E-state index in [9.17, 15) is 8.42 Å². The molecule has 0 aliphatic heterocycles. The van der Waals surface area contributed by atoms with Gasteiger partial charge >= 0.3 is 0 Å². The lowest BCUT2D eigenvalue weighted by atomic mass is 10.2. The van der Waals surface area contributed by atoms with Crippen LogP contribution < -0.4 is 10.5 Å². The number of nitrogens with one attached hydrogen (secondary N) is 2. The first-order chi connectivity index (χ1) is 8.12. The quantitative estimate of drug-likeness (QED) is 0.744. The molecule has 0 fully saturated rings. The number of benzene rings is 1. The highest BCUT2D eigenvalue weighted by atomic mass is 32.2. The molecule has 1 aromatic carbocycles. The van der Waals surface area contributed by atoms with E-state index in [1.165, 1.54) is 12.4 Å². The summed E-state index contributed by atoms with van der Waals surface area (Å²) in [7, 11) is -3.56. The maximum Gasteiger partial charge on any atom is 0.265 e. The molecule has 17 heavy (non-hydrogen) atoms. The van der Waals surface area contributed by atoms with Crippen molar-refractivity contribution in [2.24, 2.45) is 5.73 Å². The monoisotopic (exact) mass is 252 g/mol. The molecule has 4 N–H and O–H groups in total. The third kappa shape index (κ3) is 2.63. The van der Waals surface area contributed by atoms with E-state index < -0.39 is 10.0 Å². The Morgan fingerprint density at radius 3 is 2.53 bits per heavy atom. The molecular formula is C10H12N4O2S. The van der Waals surface area contributed by atoms with E-state index in [0.29, 0.717) is 12.2 Å². The number of nitrogens with zero attached hydrogens (tertiary/aromatic N) is 1. The van der Waals surface area contributed by atoms with Crippen LogP contribution in [0.5, 0.6) is 0 Å². The number of hydrogen-bond donors (Lipinski definition) is 3. The van der Waals surface area contributed by atoms with Gasteiger partial charge in [0.25, 0.3) is 10.0 Å². The second-order valence-electron chi connectivity index (χ2n) is 3.44. The van der Waals surface area contributed by atoms with Gasteiger partial charge in [-0.05, 0) is 17.7 Å². The lowest BCUT2D eigenvalue weighted by Gasteiger charge is -2.06. The molecule has 2 rings (SSSR count). The molecule has 1 aromatic heterocycles. The van der Waals surface area contributed by atoms with E-state index in [2.05, 4.69) is 14.9 Å². The zero-order chi connectivity index (χ0) is 12.3. The molecule has 0 radical (unpaired) electrons. The maximum atomic E-state index is 11.8. The molecule has 0 amide bonds. The standard InChI is InChI=1S/C10H12N4O2S/c11-5-8-1-3-9(4-2-8)14-17(15,16)10-6-12-13-7-10/h1-4,6-7,14H,5,11H2,(H,12,13). The summed E-state index contributed by atoms with van der Waals surface area (Å²) in [6.07, 6.45) is 2.56. The van der Waals surface area contributed by atoms with Crippen molar-refractivity contribution in [3.05, 3.63) is 42.2 Å². The molecule has 0 aliphatic rings. The Morgan fingerprint density at radius 1 is 1.29 bits per heavy atom. The molecular weight excluding hydrogens is 240 g/mol. The van der Waals surface area contributed by atoms with Crippen LogP contribution in [-0.4, -0.2) is 18.6 Å². The number of hydrogen-bond acceptors (Lipinski definition) is 4. The molecule has 1 heterocycles. The van der Waals surface area contributed by atoms with Gasteiger partial charge in [0.2, 0.25) is 0 Å². The van der Waals surface area contributed by atoms with Gasteiger partial charge in [0.15, 0.2) is 0 Å². The summed E-state index contributed by atoms with van der Waals surface area (Å²) < 4.78 is 26.1. The first kappa shape index (κ1) is 11.6. The normalized spacial score (nSPS) is 11.4. The van der Waals surface area contributed by atoms with Crippen LogP contribution in [0.1, 0.15) is 5.56 Å². The second-order valence-corrected chi connectivity index (χ2v) is 5.12. The summed E-state index contributed by atoms with van der Waals surface area (Å²) in [6, 6.07) is 6.88. The third-order valence-electron chi connectivity index (χ3n) is 2.23. The van der Waals surface area contributed by atoms with Crippen LogP contribution >= 0.6 is 0 Å². The van der Waals surface area contributed by atoms with E-state index in [4.69, 9.17) is 5.73 Å². The number of H-pyrrole nitrogens is 1. The molecule has 0 spiro atoms. The van der Waals surface area contributed by atoms with Crippen LogP contribution in [0.15, 0.2) is 41.6 Å². The molecule has 0 atom stereocenters. The molecule has 90 valence electrons. The Morgan fingerprint density at radius 2 is 2.00 bits per heavy atom. The van der Waals surface area contributed by atoms with Crippen molar-refractivity contribution in [1.29, 1.82) is 0 Å². The second kappa shape index (κ2) is 4.56. The van der Waals surface area contributed by atoms with E-state index in [0.717, 1.165) is 5.56 Å². The fraction of sp³-hybridized carbons (Fsp3) is 0.100. The topological polar surface area (TPSA) is 101 Å². The number of aromatic amines is 1. The summed E-state index contributed by atoms with van der Waals surface area (Å²) in [4.78, 5) is 0.0976. The molecule has 2 aromatic rings. The van der Waals surface area contributed by atoms with Crippen LogP contribution in [0.3, 0.4) is 0 Å². The minimum atomic E-state index is -3.56. The van der Waals surface area contributed by atoms with Crippen molar-refractivity contribution in [2.75, 3.05) is 4.72 Å². The van der Waals surface area contributed by atoms with Gasteiger partial charge in [-0.25, -0.2) is 8.42 Å². The molecule has 0 bridgehead atoms. The number of nitrogens with two attached hydrogens (primary N) is 1. The number of anilines is 1. The van der Waals surface area contributed by atoms with Crippen LogP contribution in [0.4, 0.5) is 5.69 Å². The molecule has 0 saturated carbocycles. The van der Waals surface area contributed by atoms with Gasteiger partial charge in [-0.1, -0.05) is 12.1 Å². The predicted octanol–water partition coefficient (Wildman–Crippen LogP) is 0.669. The zero-order valence-corrected chi connectivity index (χ0v) is 9.74. The van der Waals surface area contributed by atoms with Crippen molar-refractivity contribution in [2.45, 2.75) is 11.4 Å². The fourth-order valence-corrected chi connectivity index (χ4v) is 2.27. The highest BCUT2D eigenvalue weighted by molar-refractivity contribution is 7.92. The minimum absolute atomic E-state index is 0.0976. The van der Waals surface area contributed by atoms with E-state index in [1.54, 1.807) is 24.3 Å². The molecule has 0 unspecified atom stereocenters. The SMILES string of the molecule is NCc1ccc(NS(=O)(=O)c2cn[nH]c2)cc1. The van der Waals surface area contributed by atoms with Crippen LogP contribution in [0, 0.1) is 0 Å². The molecule has 0 saturated heterocycles. The van der Waals surface area contributed by atoms with Gasteiger partial charge in [0, 0.05) is 18.4 Å². The van der Waals surface area contributed by atoms with E-state index in [1.807, 2.05) is 0 Å². The van der Waals surface area contributed by atoms with Crippen molar-refractivity contribution < 1.29 is 8.42 Å². The first-order valence-electron chi connectivity index (χ1n) is 4.92. The van der Waals surface area contributed by atoms with Gasteiger partial charge in [0.05, 0.1) is 6.20 Å². The van der Waals surface area contributed by atoms with Gasteiger partial charge in [-0.2, -0.15) is 5.10 Å². The summed E-state index contributed by atoms with van der Waals surface area (Å²) in [5.74, 6) is 0. The van der Waals surface area contributed by atoms with Gasteiger partial charge in [-0.15, -0.1) is 0 Å². The fourth-order valence-electron chi connectivity index (χ4n) is 1.31. The smallest absolute Gasteiger partial charge is 0.265 e. The van der Waals surface area contributed by atoms with Crippen LogP contribution in [-0.2, 0) is 16.6 Å². The summed E-state index contributed by atoms with van der Waals surface area (Å²) in [5.41, 5.74) is 6.88. The Kier molecular flexibility index (Phi) is 3.12. The molecule has 7 heteroatoms. The largest absolute Gasteiger partial charge is 0.326 e. The van der Waals surface area contributed by atoms with Crippen LogP contribution in [0.2, 0.25) is 0 Å². The van der Waals surface area contributed by atoms with Crippen LogP contribution in [0.25, 0.3) is 0 Å². The average molecular weight is 252 g/mol. The Labute approximate surface area is 98.9 Å². The van der Waals surface area contributed by atoms with E-state index in [-0.39, 0.29) is 4.90 Å². The highest BCUT2D eigenvalue weighted by Crippen LogP contribution is 2.15. The Hall–Kier alpha value is -1.86. The number of aromatic nitrogens is 2. The molecule has 0 aliphatic carbocycles. The first-order valence-corrected chi connectivity index (χ1v) is 6.41. The van der Waals surface area contributed by atoms with Crippen molar-refractivity contribution in [1.82, 2.24) is 10.2 Å². The third-order valence-corrected chi connectivity index (χ3v) is 3.57. The van der Waals surface area contributed by atoms with Gasteiger partial charge in [-0.3, -0.25) is 9.82 Å². The van der Waals surface area contributed by atoms with Crippen molar-refractivity contribution >= 4 is 15.7 Å². The van der Waals surface area contributed by atoms with Gasteiger partial charge < -0.3 is 5.73 Å². The Bertz CT molecular complexity index is 575. The van der Waals surface area contributed by atoms with Crippen molar-refractivity contribution in [3.63, 3.8) is 0 Å². The van der Waals surface area contributed by atoms with E-state index >= 15 is 0 Å². The minimum Gasteiger partial charge on any atom is -0.326 e. The lowest BCUT2D eigenvalue weighted by Crippen LogP contribution is -2.12. The average Bonchev–Trinajstić information content (AvgIpc) is 2.84. The summed E-state index contributed by atoms with van der Waals surface area (Å²) >= 11 is 0. The summed E-state index contributed by atoms with van der Waals surface area (Å²) in [6.45, 7) is 0.425. The highest BCUT2D eigenvalue weighted by Gasteiger charge is 2.14. The number of sulfonamides is 1. The van der Waals surface area contributed by atoms with Crippen molar-refractivity contribution in [3.8, 4) is 0 Å². The summed E-state index contributed by atoms with van der Waals surface area (Å²) in [5, 5.41) is 6.05.